The van der Waals surface area contributed by atoms with Crippen LogP contribution in [-0.2, 0) is 6.54 Å². The van der Waals surface area contributed by atoms with E-state index in [9.17, 15) is 8.78 Å². The first-order valence-electron chi connectivity index (χ1n) is 6.96. The molecule has 0 N–H and O–H groups in total. The first-order valence-corrected chi connectivity index (χ1v) is 8.14. The summed E-state index contributed by atoms with van der Waals surface area (Å²) in [6.45, 7) is 0.569. The highest BCUT2D eigenvalue weighted by Gasteiger charge is 2.17. The van der Waals surface area contributed by atoms with E-state index in [1.807, 2.05) is 22.7 Å². The molecule has 0 bridgehead atoms. The highest BCUT2D eigenvalue weighted by Crippen LogP contribution is 2.24. The van der Waals surface area contributed by atoms with E-state index in [-0.39, 0.29) is 5.89 Å². The fraction of sp³-hybridized carbons (Fsp3) is 0.200. The molecule has 0 atom stereocenters. The molecule has 124 valence electrons. The molecular weight excluding hydrogens is 336 g/mol. The molecule has 3 rings (SSSR count). The predicted molar refractivity (Wildman–Crippen MR) is 86.4 cm³/mol. The lowest BCUT2D eigenvalue weighted by atomic mass is 10.2. The van der Waals surface area contributed by atoms with Crippen LogP contribution in [0.25, 0.3) is 11.5 Å². The highest BCUT2D eigenvalue weighted by molar-refractivity contribution is 7.99. The van der Waals surface area contributed by atoms with Crippen LogP contribution in [0.3, 0.4) is 0 Å². The van der Waals surface area contributed by atoms with Gasteiger partial charge in [0.1, 0.15) is 0 Å². The van der Waals surface area contributed by atoms with Gasteiger partial charge in [-0.15, -0.1) is 10.2 Å². The van der Waals surface area contributed by atoms with Crippen LogP contribution < -0.4 is 4.31 Å². The molecule has 0 radical (unpaired) electrons. The minimum Gasteiger partial charge on any atom is -0.415 e. The summed E-state index contributed by atoms with van der Waals surface area (Å²) in [7, 11) is 0. The third-order valence-corrected chi connectivity index (χ3v) is 3.94. The van der Waals surface area contributed by atoms with Crippen LogP contribution in [0.15, 0.2) is 47.3 Å². The zero-order valence-corrected chi connectivity index (χ0v) is 13.5. The number of aromatic nitrogens is 4. The summed E-state index contributed by atoms with van der Waals surface area (Å²) in [6, 6.07) is 7.33. The first kappa shape index (κ1) is 16.3. The number of rotatable bonds is 6. The van der Waals surface area contributed by atoms with Crippen molar-refractivity contribution < 1.29 is 13.2 Å². The maximum absolute atomic E-state index is 12.5. The Balaban J connectivity index is 1.74. The van der Waals surface area contributed by atoms with Crippen LogP contribution in [0.1, 0.15) is 18.0 Å². The van der Waals surface area contributed by atoms with E-state index in [1.165, 1.54) is 6.20 Å². The second-order valence-corrected chi connectivity index (χ2v) is 5.52. The summed E-state index contributed by atoms with van der Waals surface area (Å²) in [5, 5.41) is 6.91. The van der Waals surface area contributed by atoms with E-state index in [2.05, 4.69) is 20.2 Å². The lowest BCUT2D eigenvalue weighted by Crippen LogP contribution is -2.14. The van der Waals surface area contributed by atoms with E-state index >= 15 is 0 Å². The summed E-state index contributed by atoms with van der Waals surface area (Å²) < 4.78 is 31.9. The molecule has 0 saturated heterocycles. The van der Waals surface area contributed by atoms with Gasteiger partial charge in [-0.1, -0.05) is 11.9 Å². The monoisotopic (exact) mass is 349 g/mol. The normalized spacial score (nSPS) is 11.0. The SMILES string of the molecule is CSN(Cc1ccc(-c2nnc(C(F)F)o2)cn1)c1cccnc1. The smallest absolute Gasteiger partial charge is 0.314 e. The van der Waals surface area contributed by atoms with Gasteiger partial charge < -0.3 is 8.72 Å². The van der Waals surface area contributed by atoms with Crippen molar-refractivity contribution in [2.75, 3.05) is 10.6 Å². The van der Waals surface area contributed by atoms with Gasteiger partial charge in [0.25, 0.3) is 5.89 Å². The topological polar surface area (TPSA) is 67.9 Å². The van der Waals surface area contributed by atoms with Crippen molar-refractivity contribution in [1.29, 1.82) is 0 Å². The summed E-state index contributed by atoms with van der Waals surface area (Å²) in [5.74, 6) is -0.669. The number of pyridine rings is 2. The van der Waals surface area contributed by atoms with Crippen molar-refractivity contribution in [1.82, 2.24) is 20.2 Å². The maximum Gasteiger partial charge on any atom is 0.314 e. The van der Waals surface area contributed by atoms with Crippen molar-refractivity contribution in [2.45, 2.75) is 13.0 Å². The van der Waals surface area contributed by atoms with Gasteiger partial charge in [-0.3, -0.25) is 9.97 Å². The Morgan fingerprint density at radius 3 is 2.67 bits per heavy atom. The lowest BCUT2D eigenvalue weighted by Gasteiger charge is -2.20. The van der Waals surface area contributed by atoms with Crippen molar-refractivity contribution in [2.24, 2.45) is 0 Å². The predicted octanol–water partition coefficient (Wildman–Crippen LogP) is 3.75. The number of hydrogen-bond acceptors (Lipinski definition) is 7. The van der Waals surface area contributed by atoms with Crippen LogP contribution in [-0.4, -0.2) is 26.4 Å². The van der Waals surface area contributed by atoms with Gasteiger partial charge in [0, 0.05) is 18.6 Å². The van der Waals surface area contributed by atoms with Crippen molar-refractivity contribution in [3.63, 3.8) is 0 Å². The molecule has 0 aliphatic rings. The second kappa shape index (κ2) is 7.35. The molecule has 0 unspecified atom stereocenters. The summed E-state index contributed by atoms with van der Waals surface area (Å²) in [4.78, 5) is 8.43. The van der Waals surface area contributed by atoms with Crippen LogP contribution in [0.5, 0.6) is 0 Å². The molecule has 0 aromatic carbocycles. The van der Waals surface area contributed by atoms with Gasteiger partial charge in [-0.25, -0.2) is 0 Å². The fourth-order valence-corrected chi connectivity index (χ4v) is 2.57. The largest absolute Gasteiger partial charge is 0.415 e. The molecule has 0 amide bonds. The minimum atomic E-state index is -2.78. The number of alkyl halides is 2. The van der Waals surface area contributed by atoms with Gasteiger partial charge in [0.15, 0.2) is 0 Å². The Labute approximate surface area is 141 Å². The third kappa shape index (κ3) is 3.67. The van der Waals surface area contributed by atoms with Crippen LogP contribution >= 0.6 is 11.9 Å². The molecular formula is C15H13F2N5OS. The quantitative estimate of drug-likeness (QED) is 0.628. The van der Waals surface area contributed by atoms with Gasteiger partial charge in [-0.05, 0) is 24.3 Å². The minimum absolute atomic E-state index is 0.0262. The standard InChI is InChI=1S/C15H13F2N5OS/c1-24-22(12-3-2-6-18-8-12)9-11-5-4-10(7-19-11)14-20-21-15(23-14)13(16)17/h2-8,13H,9H2,1H3. The average Bonchev–Trinajstić information content (AvgIpc) is 3.11. The highest BCUT2D eigenvalue weighted by atomic mass is 32.2. The summed E-state index contributed by atoms with van der Waals surface area (Å²) in [5.41, 5.74) is 2.27. The van der Waals surface area contributed by atoms with E-state index in [4.69, 9.17) is 4.42 Å². The van der Waals surface area contributed by atoms with Crippen LogP contribution in [0, 0.1) is 0 Å². The van der Waals surface area contributed by atoms with Crippen molar-refractivity contribution in [3.05, 3.63) is 54.4 Å². The van der Waals surface area contributed by atoms with E-state index in [0.29, 0.717) is 12.1 Å². The Hall–Kier alpha value is -2.55. The van der Waals surface area contributed by atoms with Gasteiger partial charge in [-0.2, -0.15) is 8.78 Å². The molecule has 0 saturated carbocycles. The molecule has 9 heteroatoms. The third-order valence-electron chi connectivity index (χ3n) is 3.16. The Morgan fingerprint density at radius 1 is 1.21 bits per heavy atom. The molecule has 0 spiro atoms. The molecule has 24 heavy (non-hydrogen) atoms. The molecule has 3 aromatic heterocycles. The zero-order valence-electron chi connectivity index (χ0n) is 12.6. The van der Waals surface area contributed by atoms with Crippen molar-refractivity contribution in [3.8, 4) is 11.5 Å². The lowest BCUT2D eigenvalue weighted by molar-refractivity contribution is 0.116. The zero-order chi connectivity index (χ0) is 16.9. The number of anilines is 1. The fourth-order valence-electron chi connectivity index (χ4n) is 1.99. The van der Waals surface area contributed by atoms with E-state index in [0.717, 1.165) is 11.4 Å². The Morgan fingerprint density at radius 2 is 2.08 bits per heavy atom. The number of hydrogen-bond donors (Lipinski definition) is 0. The number of halogens is 2. The summed E-state index contributed by atoms with van der Waals surface area (Å²) >= 11 is 1.55. The van der Waals surface area contributed by atoms with Gasteiger partial charge in [0.2, 0.25) is 5.89 Å². The molecule has 3 heterocycles. The molecule has 6 nitrogen and oxygen atoms in total. The average molecular weight is 349 g/mol. The molecule has 0 aliphatic heterocycles. The Kier molecular flexibility index (Phi) is 4.99. The van der Waals surface area contributed by atoms with E-state index < -0.39 is 12.3 Å². The van der Waals surface area contributed by atoms with E-state index in [1.54, 1.807) is 36.5 Å². The second-order valence-electron chi connectivity index (χ2n) is 4.71. The van der Waals surface area contributed by atoms with Gasteiger partial charge in [0.05, 0.1) is 29.7 Å². The molecule has 3 aromatic rings. The molecule has 0 fully saturated rings. The van der Waals surface area contributed by atoms with Gasteiger partial charge >= 0.3 is 6.43 Å². The Bertz CT molecular complexity index is 782. The van der Waals surface area contributed by atoms with Crippen LogP contribution in [0.4, 0.5) is 14.5 Å². The van der Waals surface area contributed by atoms with Crippen molar-refractivity contribution >= 4 is 17.6 Å². The summed E-state index contributed by atoms with van der Waals surface area (Å²) in [6.07, 6.45) is 4.20. The number of nitrogens with zero attached hydrogens (tertiary/aromatic N) is 5. The maximum atomic E-state index is 12.5. The molecule has 0 aliphatic carbocycles. The first-order chi connectivity index (χ1) is 11.7. The van der Waals surface area contributed by atoms with Crippen LogP contribution in [0.2, 0.25) is 0 Å².